The number of carbonyl (C=O) groups excluding carboxylic acids is 1. The average Bonchev–Trinajstić information content (AvgIpc) is 2.70. The number of hydrogen-bond acceptors (Lipinski definition) is 3. The lowest BCUT2D eigenvalue weighted by atomic mass is 10.0. The first-order valence-corrected chi connectivity index (χ1v) is 9.76. The molecule has 0 bridgehead atoms. The summed E-state index contributed by atoms with van der Waals surface area (Å²) in [6, 6.07) is 19.3. The molecule has 4 nitrogen and oxygen atoms in total. The van der Waals surface area contributed by atoms with E-state index in [0.717, 1.165) is 34.7 Å². The molecule has 0 aliphatic carbocycles. The number of amides is 1. The average molecular weight is 395 g/mol. The van der Waals surface area contributed by atoms with E-state index < -0.39 is 0 Å². The molecule has 0 radical (unpaired) electrons. The van der Waals surface area contributed by atoms with Crippen LogP contribution in [0.15, 0.2) is 65.8 Å². The second kappa shape index (κ2) is 9.90. The predicted molar refractivity (Wildman–Crippen MR) is 115 cm³/mol. The van der Waals surface area contributed by atoms with Crippen molar-refractivity contribution >= 4 is 34.5 Å². The van der Waals surface area contributed by atoms with E-state index in [1.165, 1.54) is 0 Å². The van der Waals surface area contributed by atoms with E-state index in [1.54, 1.807) is 18.3 Å². The van der Waals surface area contributed by atoms with Gasteiger partial charge >= 0.3 is 0 Å². The van der Waals surface area contributed by atoms with Gasteiger partial charge in [-0.25, -0.2) is 5.43 Å². The Balaban J connectivity index is 1.65. The summed E-state index contributed by atoms with van der Waals surface area (Å²) in [6.07, 6.45) is 3.85. The van der Waals surface area contributed by atoms with Gasteiger partial charge in [0, 0.05) is 10.6 Å². The highest BCUT2D eigenvalue weighted by molar-refractivity contribution is 6.30. The minimum atomic E-state index is -0.178. The molecule has 0 aromatic heterocycles. The Labute approximate surface area is 170 Å². The number of carbonyl (C=O) groups is 1. The standard InChI is InChI=1S/C23H23ClN2O2/c1-2-3-13-28-22-12-11-20(24)14-19(22)16-25-26-23(27)15-18-9-6-8-17-7-4-5-10-21(17)18/h4-12,14,16H,2-3,13,15H2,1H3,(H,26,27)/b25-16+. The van der Waals surface area contributed by atoms with Crippen LogP contribution in [0.25, 0.3) is 10.8 Å². The third kappa shape index (κ3) is 5.33. The van der Waals surface area contributed by atoms with Gasteiger partial charge in [0.25, 0.3) is 0 Å². The summed E-state index contributed by atoms with van der Waals surface area (Å²) in [5.74, 6) is 0.521. The van der Waals surface area contributed by atoms with Gasteiger partial charge in [-0.15, -0.1) is 0 Å². The molecule has 1 N–H and O–H groups in total. The van der Waals surface area contributed by atoms with Crippen LogP contribution in [0.1, 0.15) is 30.9 Å². The van der Waals surface area contributed by atoms with Crippen LogP contribution < -0.4 is 10.2 Å². The lowest BCUT2D eigenvalue weighted by molar-refractivity contribution is -0.120. The molecule has 144 valence electrons. The van der Waals surface area contributed by atoms with Crippen LogP contribution in [-0.4, -0.2) is 18.7 Å². The van der Waals surface area contributed by atoms with Gasteiger partial charge in [0.2, 0.25) is 5.91 Å². The van der Waals surface area contributed by atoms with Crippen molar-refractivity contribution in [1.82, 2.24) is 5.43 Å². The Hall–Kier alpha value is -2.85. The summed E-state index contributed by atoms with van der Waals surface area (Å²) in [5.41, 5.74) is 4.29. The first-order valence-electron chi connectivity index (χ1n) is 9.38. The fraction of sp³-hybridized carbons (Fsp3) is 0.217. The van der Waals surface area contributed by atoms with E-state index in [-0.39, 0.29) is 12.3 Å². The number of halogens is 1. The van der Waals surface area contributed by atoms with Crippen LogP contribution in [0.4, 0.5) is 0 Å². The van der Waals surface area contributed by atoms with Gasteiger partial charge in [-0.1, -0.05) is 67.4 Å². The summed E-state index contributed by atoms with van der Waals surface area (Å²) in [7, 11) is 0. The molecule has 3 aromatic rings. The van der Waals surface area contributed by atoms with Gasteiger partial charge in [0.1, 0.15) is 5.75 Å². The number of unbranched alkanes of at least 4 members (excludes halogenated alkanes) is 1. The monoisotopic (exact) mass is 394 g/mol. The molecular formula is C23H23ClN2O2. The molecule has 0 atom stereocenters. The number of benzene rings is 3. The Morgan fingerprint density at radius 1 is 1.14 bits per heavy atom. The minimum absolute atomic E-state index is 0.178. The second-order valence-electron chi connectivity index (χ2n) is 6.49. The molecule has 28 heavy (non-hydrogen) atoms. The van der Waals surface area contributed by atoms with Gasteiger partial charge in [-0.05, 0) is 41.0 Å². The van der Waals surface area contributed by atoms with Gasteiger partial charge in [0.05, 0.1) is 19.2 Å². The summed E-state index contributed by atoms with van der Waals surface area (Å²) in [4.78, 5) is 12.3. The number of fused-ring (bicyclic) bond motifs is 1. The Kier molecular flexibility index (Phi) is 7.04. The largest absolute Gasteiger partial charge is 0.493 e. The lowest BCUT2D eigenvalue weighted by Gasteiger charge is -2.09. The molecule has 0 saturated carbocycles. The van der Waals surface area contributed by atoms with Crippen molar-refractivity contribution in [3.63, 3.8) is 0 Å². The molecule has 0 unspecified atom stereocenters. The molecule has 5 heteroatoms. The topological polar surface area (TPSA) is 50.7 Å². The zero-order chi connectivity index (χ0) is 19.8. The summed E-state index contributed by atoms with van der Waals surface area (Å²) < 4.78 is 5.77. The van der Waals surface area contributed by atoms with Gasteiger partial charge in [-0.2, -0.15) is 5.10 Å². The van der Waals surface area contributed by atoms with Crippen molar-refractivity contribution in [3.8, 4) is 5.75 Å². The van der Waals surface area contributed by atoms with E-state index in [1.807, 2.05) is 48.5 Å². The molecule has 0 aliphatic heterocycles. The van der Waals surface area contributed by atoms with E-state index in [0.29, 0.717) is 17.4 Å². The van der Waals surface area contributed by atoms with Crippen molar-refractivity contribution in [1.29, 1.82) is 0 Å². The highest BCUT2D eigenvalue weighted by Crippen LogP contribution is 2.22. The predicted octanol–water partition coefficient (Wildman–Crippen LogP) is 5.36. The van der Waals surface area contributed by atoms with E-state index in [4.69, 9.17) is 16.3 Å². The molecule has 1 amide bonds. The van der Waals surface area contributed by atoms with Crippen LogP contribution >= 0.6 is 11.6 Å². The van der Waals surface area contributed by atoms with Crippen molar-refractivity contribution in [2.24, 2.45) is 5.10 Å². The maximum Gasteiger partial charge on any atom is 0.244 e. The zero-order valence-electron chi connectivity index (χ0n) is 15.8. The van der Waals surface area contributed by atoms with E-state index >= 15 is 0 Å². The van der Waals surface area contributed by atoms with Crippen molar-refractivity contribution in [2.45, 2.75) is 26.2 Å². The lowest BCUT2D eigenvalue weighted by Crippen LogP contribution is -2.20. The quantitative estimate of drug-likeness (QED) is 0.317. The second-order valence-corrected chi connectivity index (χ2v) is 6.93. The normalized spacial score (nSPS) is 11.1. The van der Waals surface area contributed by atoms with Crippen LogP contribution in [0, 0.1) is 0 Å². The first-order chi connectivity index (χ1) is 13.7. The molecule has 0 spiro atoms. The fourth-order valence-electron chi connectivity index (χ4n) is 2.91. The molecule has 0 fully saturated rings. The van der Waals surface area contributed by atoms with Crippen LogP contribution in [0.2, 0.25) is 5.02 Å². The van der Waals surface area contributed by atoms with Crippen LogP contribution in [0.3, 0.4) is 0 Å². The van der Waals surface area contributed by atoms with Gasteiger partial charge in [-0.3, -0.25) is 4.79 Å². The number of rotatable bonds is 8. The number of ether oxygens (including phenoxy) is 1. The molecule has 3 aromatic carbocycles. The number of hydrazone groups is 1. The molecule has 3 rings (SSSR count). The van der Waals surface area contributed by atoms with E-state index in [2.05, 4.69) is 17.5 Å². The maximum atomic E-state index is 12.3. The Morgan fingerprint density at radius 3 is 2.82 bits per heavy atom. The van der Waals surface area contributed by atoms with Gasteiger partial charge < -0.3 is 4.74 Å². The van der Waals surface area contributed by atoms with Crippen LogP contribution in [-0.2, 0) is 11.2 Å². The van der Waals surface area contributed by atoms with Crippen molar-refractivity contribution in [2.75, 3.05) is 6.61 Å². The highest BCUT2D eigenvalue weighted by atomic mass is 35.5. The number of nitrogens with one attached hydrogen (secondary N) is 1. The minimum Gasteiger partial charge on any atom is -0.493 e. The zero-order valence-corrected chi connectivity index (χ0v) is 16.6. The Bertz CT molecular complexity index is 980. The summed E-state index contributed by atoms with van der Waals surface area (Å²) >= 11 is 6.08. The SMILES string of the molecule is CCCCOc1ccc(Cl)cc1/C=N/NC(=O)Cc1cccc2ccccc12. The Morgan fingerprint density at radius 2 is 1.96 bits per heavy atom. The fourth-order valence-corrected chi connectivity index (χ4v) is 3.09. The van der Waals surface area contributed by atoms with E-state index in [9.17, 15) is 4.79 Å². The van der Waals surface area contributed by atoms with Crippen molar-refractivity contribution < 1.29 is 9.53 Å². The smallest absolute Gasteiger partial charge is 0.244 e. The molecular weight excluding hydrogens is 372 g/mol. The summed E-state index contributed by atoms with van der Waals surface area (Å²) in [5, 5.41) is 6.86. The summed E-state index contributed by atoms with van der Waals surface area (Å²) in [6.45, 7) is 2.74. The highest BCUT2D eigenvalue weighted by Gasteiger charge is 2.07. The number of nitrogens with zero attached hydrogens (tertiary/aromatic N) is 1. The maximum absolute atomic E-state index is 12.3. The third-order valence-corrected chi connectivity index (χ3v) is 4.59. The van der Waals surface area contributed by atoms with Crippen LogP contribution in [0.5, 0.6) is 5.75 Å². The van der Waals surface area contributed by atoms with Crippen molar-refractivity contribution in [3.05, 3.63) is 76.8 Å². The molecule has 0 aliphatic rings. The first kappa shape index (κ1) is 19.9. The number of hydrogen-bond donors (Lipinski definition) is 1. The molecule has 0 heterocycles. The molecule has 0 saturated heterocycles. The third-order valence-electron chi connectivity index (χ3n) is 4.35. The van der Waals surface area contributed by atoms with Gasteiger partial charge in [0.15, 0.2) is 0 Å².